The molecule has 7 heteroatoms. The number of nitrogens with zero attached hydrogens (tertiary/aromatic N) is 1. The number of nitrogens with one attached hydrogen (secondary N) is 2. The first kappa shape index (κ1) is 12.5. The molecule has 0 fully saturated rings. The Kier molecular flexibility index (Phi) is 3.51. The maximum atomic E-state index is 11.7. The average Bonchev–Trinajstić information content (AvgIpc) is 2.59. The summed E-state index contributed by atoms with van der Waals surface area (Å²) in [5, 5.41) is 26.8. The van der Waals surface area contributed by atoms with Crippen LogP contribution in [0.25, 0.3) is 0 Å². The minimum Gasteiger partial charge on any atom is -0.395 e. The number of aliphatic hydroxyl groups is 2. The van der Waals surface area contributed by atoms with E-state index in [1.54, 1.807) is 6.92 Å². The molecule has 0 bridgehead atoms. The zero-order chi connectivity index (χ0) is 12.3. The maximum Gasteiger partial charge on any atom is 0.274 e. The number of nitrogens with two attached hydrogens (primary N) is 1. The molecule has 0 aromatic carbocycles. The summed E-state index contributed by atoms with van der Waals surface area (Å²) in [7, 11) is 0. The standard InChI is InChI=1S/C9H16N4O3/c1-5-6(10)7(13-12-5)8(16)11-9(2,3-14)4-15/h14-15H,3-4,10H2,1-2H3,(H,11,16)(H,12,13). The van der Waals surface area contributed by atoms with Crippen molar-refractivity contribution in [1.29, 1.82) is 0 Å². The molecule has 0 aliphatic rings. The van der Waals surface area contributed by atoms with Crippen LogP contribution in [-0.4, -0.2) is 45.1 Å². The lowest BCUT2D eigenvalue weighted by molar-refractivity contribution is 0.0720. The lowest BCUT2D eigenvalue weighted by Gasteiger charge is -2.25. The largest absolute Gasteiger partial charge is 0.395 e. The van der Waals surface area contributed by atoms with Crippen molar-refractivity contribution >= 4 is 11.6 Å². The number of anilines is 1. The van der Waals surface area contributed by atoms with Gasteiger partial charge >= 0.3 is 0 Å². The van der Waals surface area contributed by atoms with Crippen LogP contribution in [0.5, 0.6) is 0 Å². The summed E-state index contributed by atoms with van der Waals surface area (Å²) < 4.78 is 0. The van der Waals surface area contributed by atoms with Gasteiger partial charge in [0.2, 0.25) is 0 Å². The molecule has 0 aliphatic carbocycles. The summed E-state index contributed by atoms with van der Waals surface area (Å²) in [5.41, 5.74) is 5.46. The van der Waals surface area contributed by atoms with Crippen LogP contribution in [-0.2, 0) is 0 Å². The van der Waals surface area contributed by atoms with Crippen LogP contribution < -0.4 is 11.1 Å². The molecule has 7 nitrogen and oxygen atoms in total. The first-order chi connectivity index (χ1) is 7.43. The molecule has 1 amide bonds. The summed E-state index contributed by atoms with van der Waals surface area (Å²) in [6.07, 6.45) is 0. The molecule has 0 saturated heterocycles. The van der Waals surface area contributed by atoms with Gasteiger partial charge in [-0.15, -0.1) is 0 Å². The summed E-state index contributed by atoms with van der Waals surface area (Å²) in [4.78, 5) is 11.7. The van der Waals surface area contributed by atoms with Crippen LogP contribution in [0.15, 0.2) is 0 Å². The third kappa shape index (κ3) is 2.31. The molecule has 0 atom stereocenters. The Morgan fingerprint density at radius 2 is 2.12 bits per heavy atom. The fourth-order valence-electron chi connectivity index (χ4n) is 1.07. The number of nitrogen functional groups attached to an aromatic ring is 1. The van der Waals surface area contributed by atoms with E-state index in [4.69, 9.17) is 15.9 Å². The molecule has 1 heterocycles. The minimum absolute atomic E-state index is 0.0608. The van der Waals surface area contributed by atoms with Crippen LogP contribution in [0.2, 0.25) is 0 Å². The smallest absolute Gasteiger partial charge is 0.274 e. The number of carbonyl (C=O) groups is 1. The quantitative estimate of drug-likeness (QED) is 0.441. The van der Waals surface area contributed by atoms with E-state index in [2.05, 4.69) is 15.5 Å². The average molecular weight is 228 g/mol. The highest BCUT2D eigenvalue weighted by atomic mass is 16.3. The Morgan fingerprint density at radius 3 is 2.50 bits per heavy atom. The number of H-pyrrole nitrogens is 1. The Bertz CT molecular complexity index is 384. The van der Waals surface area contributed by atoms with Crippen molar-refractivity contribution in [1.82, 2.24) is 15.5 Å². The van der Waals surface area contributed by atoms with Crippen LogP contribution in [0, 0.1) is 6.92 Å². The monoisotopic (exact) mass is 228 g/mol. The highest BCUT2D eigenvalue weighted by Gasteiger charge is 2.27. The Morgan fingerprint density at radius 1 is 1.56 bits per heavy atom. The van der Waals surface area contributed by atoms with Gasteiger partial charge in [0.05, 0.1) is 30.1 Å². The van der Waals surface area contributed by atoms with E-state index >= 15 is 0 Å². The molecule has 1 aromatic rings. The fourth-order valence-corrected chi connectivity index (χ4v) is 1.07. The topological polar surface area (TPSA) is 124 Å². The van der Waals surface area contributed by atoms with Gasteiger partial charge in [-0.3, -0.25) is 9.89 Å². The van der Waals surface area contributed by atoms with Crippen LogP contribution in [0.3, 0.4) is 0 Å². The van der Waals surface area contributed by atoms with E-state index in [0.29, 0.717) is 5.69 Å². The molecular weight excluding hydrogens is 212 g/mol. The molecule has 90 valence electrons. The predicted molar refractivity (Wildman–Crippen MR) is 57.8 cm³/mol. The lowest BCUT2D eigenvalue weighted by atomic mass is 10.1. The molecule has 0 saturated carbocycles. The Labute approximate surface area is 92.7 Å². The number of aromatic nitrogens is 2. The zero-order valence-corrected chi connectivity index (χ0v) is 9.24. The number of rotatable bonds is 4. The number of carbonyl (C=O) groups excluding carboxylic acids is 1. The maximum absolute atomic E-state index is 11.7. The second kappa shape index (κ2) is 4.50. The third-order valence-corrected chi connectivity index (χ3v) is 2.32. The zero-order valence-electron chi connectivity index (χ0n) is 9.24. The molecule has 0 unspecified atom stereocenters. The number of amides is 1. The Hall–Kier alpha value is -1.60. The van der Waals surface area contributed by atoms with Gasteiger partial charge in [0, 0.05) is 0 Å². The van der Waals surface area contributed by atoms with Gasteiger partial charge in [-0.05, 0) is 13.8 Å². The van der Waals surface area contributed by atoms with Gasteiger partial charge in [-0.1, -0.05) is 0 Å². The van der Waals surface area contributed by atoms with Crippen molar-refractivity contribution in [3.8, 4) is 0 Å². The van der Waals surface area contributed by atoms with Crippen molar-refractivity contribution in [2.24, 2.45) is 0 Å². The molecule has 0 aliphatic heterocycles. The second-order valence-electron chi connectivity index (χ2n) is 3.94. The molecular formula is C9H16N4O3. The normalized spacial score (nSPS) is 11.5. The van der Waals surface area contributed by atoms with Gasteiger partial charge < -0.3 is 21.3 Å². The van der Waals surface area contributed by atoms with Crippen molar-refractivity contribution in [3.05, 3.63) is 11.4 Å². The van der Waals surface area contributed by atoms with Gasteiger partial charge in [-0.25, -0.2) is 0 Å². The summed E-state index contributed by atoms with van der Waals surface area (Å²) in [6.45, 7) is 2.45. The van der Waals surface area contributed by atoms with Crippen molar-refractivity contribution in [3.63, 3.8) is 0 Å². The minimum atomic E-state index is -1.09. The van der Waals surface area contributed by atoms with Crippen molar-refractivity contribution in [2.45, 2.75) is 19.4 Å². The molecule has 0 radical (unpaired) electrons. The summed E-state index contributed by atoms with van der Waals surface area (Å²) in [5.74, 6) is -0.535. The fraction of sp³-hybridized carbons (Fsp3) is 0.556. The number of aromatic amines is 1. The SMILES string of the molecule is Cc1[nH]nc(C(=O)NC(C)(CO)CO)c1N. The molecule has 0 spiro atoms. The van der Waals surface area contributed by atoms with Crippen molar-refractivity contribution in [2.75, 3.05) is 18.9 Å². The van der Waals surface area contributed by atoms with Gasteiger partial charge in [0.25, 0.3) is 5.91 Å². The van der Waals surface area contributed by atoms with E-state index in [1.165, 1.54) is 6.92 Å². The van der Waals surface area contributed by atoms with E-state index in [0.717, 1.165) is 0 Å². The predicted octanol–water partition coefficient (Wildman–Crippen LogP) is -1.23. The van der Waals surface area contributed by atoms with E-state index < -0.39 is 11.4 Å². The number of hydrogen-bond donors (Lipinski definition) is 5. The summed E-state index contributed by atoms with van der Waals surface area (Å²) in [6, 6.07) is 0. The second-order valence-corrected chi connectivity index (χ2v) is 3.94. The van der Waals surface area contributed by atoms with Gasteiger partial charge in [0.15, 0.2) is 5.69 Å². The molecule has 1 aromatic heterocycles. The van der Waals surface area contributed by atoms with E-state index in [1.807, 2.05) is 0 Å². The van der Waals surface area contributed by atoms with Gasteiger partial charge in [-0.2, -0.15) is 5.10 Å². The number of aliphatic hydroxyl groups excluding tert-OH is 2. The van der Waals surface area contributed by atoms with Crippen LogP contribution >= 0.6 is 0 Å². The number of aryl methyl sites for hydroxylation is 1. The number of hydrogen-bond acceptors (Lipinski definition) is 5. The van der Waals surface area contributed by atoms with Crippen LogP contribution in [0.4, 0.5) is 5.69 Å². The first-order valence-corrected chi connectivity index (χ1v) is 4.78. The van der Waals surface area contributed by atoms with Gasteiger partial charge in [0.1, 0.15) is 0 Å². The van der Waals surface area contributed by atoms with Crippen molar-refractivity contribution < 1.29 is 15.0 Å². The van der Waals surface area contributed by atoms with E-state index in [-0.39, 0.29) is 24.6 Å². The highest BCUT2D eigenvalue weighted by Crippen LogP contribution is 2.13. The molecule has 16 heavy (non-hydrogen) atoms. The van der Waals surface area contributed by atoms with Crippen LogP contribution in [0.1, 0.15) is 23.1 Å². The highest BCUT2D eigenvalue weighted by molar-refractivity contribution is 5.98. The third-order valence-electron chi connectivity index (χ3n) is 2.32. The lowest BCUT2D eigenvalue weighted by Crippen LogP contribution is -2.51. The van der Waals surface area contributed by atoms with E-state index in [9.17, 15) is 4.79 Å². The Balaban J connectivity index is 2.84. The summed E-state index contributed by atoms with van der Waals surface area (Å²) >= 11 is 0. The first-order valence-electron chi connectivity index (χ1n) is 4.78. The molecule has 6 N–H and O–H groups in total. The molecule has 1 rings (SSSR count).